The Balaban J connectivity index is 1.22. The van der Waals surface area contributed by atoms with E-state index in [1.807, 2.05) is 60.7 Å². The monoisotopic (exact) mass is 592 g/mol. The number of hydrogen-bond donors (Lipinski definition) is 0. The Labute approximate surface area is 269 Å². The minimum Gasteiger partial charge on any atom is -0.310 e. The highest BCUT2D eigenvalue weighted by Gasteiger charge is 2.35. The van der Waals surface area contributed by atoms with E-state index in [1.165, 1.54) is 22.3 Å². The van der Waals surface area contributed by atoms with Gasteiger partial charge >= 0.3 is 0 Å². The Kier molecular flexibility index (Phi) is 6.76. The van der Waals surface area contributed by atoms with Crippen molar-refractivity contribution in [2.75, 3.05) is 4.90 Å². The van der Waals surface area contributed by atoms with Gasteiger partial charge in [-0.15, -0.1) is 0 Å². The highest BCUT2D eigenvalue weighted by Crippen LogP contribution is 2.50. The van der Waals surface area contributed by atoms with Gasteiger partial charge < -0.3 is 4.90 Å². The smallest absolute Gasteiger partial charge is 0.164 e. The molecule has 1 heterocycles. The first-order chi connectivity index (χ1) is 22.6. The number of anilines is 3. The molecule has 4 nitrogen and oxygen atoms in total. The van der Waals surface area contributed by atoms with Crippen LogP contribution in [0.3, 0.4) is 0 Å². The van der Waals surface area contributed by atoms with Crippen LogP contribution >= 0.6 is 0 Å². The van der Waals surface area contributed by atoms with E-state index in [-0.39, 0.29) is 5.41 Å². The van der Waals surface area contributed by atoms with Crippen molar-refractivity contribution < 1.29 is 0 Å². The van der Waals surface area contributed by atoms with Gasteiger partial charge in [0.2, 0.25) is 0 Å². The van der Waals surface area contributed by atoms with E-state index in [1.54, 1.807) is 0 Å². The Morgan fingerprint density at radius 1 is 0.391 bits per heavy atom. The summed E-state index contributed by atoms with van der Waals surface area (Å²) in [5.74, 6) is 1.95. The highest BCUT2D eigenvalue weighted by molar-refractivity contribution is 5.85. The summed E-state index contributed by atoms with van der Waals surface area (Å²) >= 11 is 0. The molecule has 6 aromatic carbocycles. The summed E-state index contributed by atoms with van der Waals surface area (Å²) in [6, 6.07) is 54.9. The van der Waals surface area contributed by atoms with Crippen LogP contribution in [0.15, 0.2) is 158 Å². The number of nitrogens with zero attached hydrogens (tertiary/aromatic N) is 4. The zero-order chi connectivity index (χ0) is 31.1. The zero-order valence-electron chi connectivity index (χ0n) is 25.8. The van der Waals surface area contributed by atoms with Crippen LogP contribution in [-0.4, -0.2) is 15.0 Å². The average Bonchev–Trinajstić information content (AvgIpc) is 3.35. The predicted molar refractivity (Wildman–Crippen MR) is 188 cm³/mol. The summed E-state index contributed by atoms with van der Waals surface area (Å²) in [6.07, 6.45) is 0. The van der Waals surface area contributed by atoms with E-state index < -0.39 is 0 Å². The Morgan fingerprint density at radius 3 is 1.41 bits per heavy atom. The van der Waals surface area contributed by atoms with Gasteiger partial charge in [0.05, 0.1) is 0 Å². The topological polar surface area (TPSA) is 41.9 Å². The number of para-hydroxylation sites is 1. The van der Waals surface area contributed by atoms with E-state index in [0.29, 0.717) is 17.5 Å². The first kappa shape index (κ1) is 27.7. The van der Waals surface area contributed by atoms with E-state index >= 15 is 0 Å². The van der Waals surface area contributed by atoms with Crippen molar-refractivity contribution in [2.24, 2.45) is 0 Å². The number of aromatic nitrogens is 3. The molecule has 1 aliphatic carbocycles. The molecule has 1 aromatic heterocycles. The van der Waals surface area contributed by atoms with Gasteiger partial charge in [0.1, 0.15) is 0 Å². The third-order valence-electron chi connectivity index (χ3n) is 8.92. The second-order valence-corrected chi connectivity index (χ2v) is 12.2. The van der Waals surface area contributed by atoms with Gasteiger partial charge in [-0.1, -0.05) is 123 Å². The van der Waals surface area contributed by atoms with Gasteiger partial charge in [-0.2, -0.15) is 0 Å². The fourth-order valence-electron chi connectivity index (χ4n) is 6.55. The molecule has 0 bridgehead atoms. The zero-order valence-corrected chi connectivity index (χ0v) is 25.8. The number of fused-ring (bicyclic) bond motifs is 3. The molecular weight excluding hydrogens is 560 g/mol. The maximum atomic E-state index is 4.93. The van der Waals surface area contributed by atoms with Gasteiger partial charge in [-0.25, -0.2) is 15.0 Å². The van der Waals surface area contributed by atoms with Crippen LogP contribution in [-0.2, 0) is 5.41 Å². The minimum absolute atomic E-state index is 0.0836. The molecule has 0 N–H and O–H groups in total. The predicted octanol–water partition coefficient (Wildman–Crippen LogP) is 10.6. The lowest BCUT2D eigenvalue weighted by atomic mass is 9.82. The van der Waals surface area contributed by atoms with Crippen molar-refractivity contribution >= 4 is 17.1 Å². The molecule has 0 fully saturated rings. The number of benzene rings is 6. The molecule has 220 valence electrons. The fourth-order valence-corrected chi connectivity index (χ4v) is 6.55. The molecule has 0 saturated carbocycles. The van der Waals surface area contributed by atoms with E-state index in [0.717, 1.165) is 33.8 Å². The van der Waals surface area contributed by atoms with Crippen molar-refractivity contribution in [2.45, 2.75) is 19.3 Å². The van der Waals surface area contributed by atoms with Gasteiger partial charge in [-0.05, 0) is 70.8 Å². The van der Waals surface area contributed by atoms with Crippen LogP contribution < -0.4 is 4.90 Å². The maximum absolute atomic E-state index is 4.93. The summed E-state index contributed by atoms with van der Waals surface area (Å²) in [6.45, 7) is 4.65. The van der Waals surface area contributed by atoms with Crippen LogP contribution in [0.4, 0.5) is 17.1 Å². The summed E-state index contributed by atoms with van der Waals surface area (Å²) in [7, 11) is 0. The van der Waals surface area contributed by atoms with E-state index in [9.17, 15) is 0 Å². The van der Waals surface area contributed by atoms with Crippen molar-refractivity contribution in [1.82, 2.24) is 15.0 Å². The van der Waals surface area contributed by atoms with Crippen molar-refractivity contribution in [3.8, 4) is 45.3 Å². The third-order valence-corrected chi connectivity index (χ3v) is 8.92. The summed E-state index contributed by atoms with van der Waals surface area (Å²) < 4.78 is 0. The quantitative estimate of drug-likeness (QED) is 0.193. The summed E-state index contributed by atoms with van der Waals surface area (Å²) in [5, 5.41) is 0. The van der Waals surface area contributed by atoms with Crippen LogP contribution in [0.25, 0.3) is 45.3 Å². The molecule has 8 rings (SSSR count). The van der Waals surface area contributed by atoms with Crippen LogP contribution in [0.5, 0.6) is 0 Å². The van der Waals surface area contributed by atoms with Gasteiger partial charge in [-0.3, -0.25) is 0 Å². The molecule has 0 spiro atoms. The first-order valence-electron chi connectivity index (χ1n) is 15.6. The first-order valence-corrected chi connectivity index (χ1v) is 15.6. The Hall–Kier alpha value is -5.87. The standard InChI is InChI=1S/C42H32N4/c1-42(2)37-21-13-12-20-35(37)36-27-26-34(28-38(36)42)46(32-18-10-5-11-19-32)33-24-22-31(23-25-33)41-44-39(29-14-6-3-7-15-29)43-40(45-41)30-16-8-4-9-17-30/h3-28H,1-2H3. The lowest BCUT2D eigenvalue weighted by Gasteiger charge is -2.28. The molecule has 0 aliphatic heterocycles. The van der Waals surface area contributed by atoms with Crippen LogP contribution in [0.1, 0.15) is 25.0 Å². The van der Waals surface area contributed by atoms with E-state index in [4.69, 9.17) is 15.0 Å². The van der Waals surface area contributed by atoms with Gasteiger partial charge in [0, 0.05) is 39.2 Å². The second kappa shape index (κ2) is 11.2. The maximum Gasteiger partial charge on any atom is 0.164 e. The van der Waals surface area contributed by atoms with E-state index in [2.05, 4.69) is 116 Å². The molecule has 0 atom stereocenters. The summed E-state index contributed by atoms with van der Waals surface area (Å²) in [4.78, 5) is 17.0. The number of rotatable bonds is 6. The number of hydrogen-bond acceptors (Lipinski definition) is 4. The average molecular weight is 593 g/mol. The van der Waals surface area contributed by atoms with Crippen molar-refractivity contribution in [3.63, 3.8) is 0 Å². The van der Waals surface area contributed by atoms with Crippen molar-refractivity contribution in [1.29, 1.82) is 0 Å². The van der Waals surface area contributed by atoms with Crippen LogP contribution in [0.2, 0.25) is 0 Å². The molecule has 0 radical (unpaired) electrons. The Morgan fingerprint density at radius 2 is 0.826 bits per heavy atom. The molecule has 7 aromatic rings. The minimum atomic E-state index is -0.0836. The molecule has 46 heavy (non-hydrogen) atoms. The fraction of sp³-hybridized carbons (Fsp3) is 0.0714. The van der Waals surface area contributed by atoms with Gasteiger partial charge in [0.25, 0.3) is 0 Å². The molecule has 0 amide bonds. The molecule has 0 unspecified atom stereocenters. The highest BCUT2D eigenvalue weighted by atomic mass is 15.1. The normalized spacial score (nSPS) is 12.7. The molecular formula is C42H32N4. The lowest BCUT2D eigenvalue weighted by molar-refractivity contribution is 0.660. The molecule has 0 saturated heterocycles. The second-order valence-electron chi connectivity index (χ2n) is 12.2. The largest absolute Gasteiger partial charge is 0.310 e. The summed E-state index contributed by atoms with van der Waals surface area (Å²) in [5.41, 5.74) is 11.4. The SMILES string of the molecule is CC1(C)c2ccccc2-c2ccc(N(c3ccccc3)c3ccc(-c4nc(-c5ccccc5)nc(-c5ccccc5)n4)cc3)cc21. The van der Waals surface area contributed by atoms with Gasteiger partial charge in [0.15, 0.2) is 17.5 Å². The molecule has 4 heteroatoms. The third kappa shape index (κ3) is 4.85. The Bertz CT molecular complexity index is 2100. The molecule has 1 aliphatic rings. The van der Waals surface area contributed by atoms with Crippen molar-refractivity contribution in [3.05, 3.63) is 169 Å². The van der Waals surface area contributed by atoms with Crippen LogP contribution in [0, 0.1) is 0 Å². The lowest BCUT2D eigenvalue weighted by Crippen LogP contribution is -2.16.